The Morgan fingerprint density at radius 1 is 1.53 bits per heavy atom. The van der Waals surface area contributed by atoms with E-state index >= 15 is 0 Å². The van der Waals surface area contributed by atoms with Crippen LogP contribution in [0.15, 0.2) is 6.07 Å². The Labute approximate surface area is 101 Å². The van der Waals surface area contributed by atoms with Gasteiger partial charge in [0.1, 0.15) is 0 Å². The molecule has 0 aromatic carbocycles. The highest BCUT2D eigenvalue weighted by atomic mass is 35.5. The summed E-state index contributed by atoms with van der Waals surface area (Å²) in [5, 5.41) is 8.50. The second kappa shape index (κ2) is 5.23. The third kappa shape index (κ3) is 3.79. The molecule has 1 aromatic rings. The van der Waals surface area contributed by atoms with Gasteiger partial charge in [-0.3, -0.25) is 4.98 Å². The van der Waals surface area contributed by atoms with Gasteiger partial charge in [-0.2, -0.15) is 5.26 Å². The van der Waals surface area contributed by atoms with E-state index in [1.807, 2.05) is 6.07 Å². The Hall–Kier alpha value is -1.48. The second-order valence-corrected chi connectivity index (χ2v) is 3.49. The van der Waals surface area contributed by atoms with Crippen LogP contribution in [0.1, 0.15) is 17.0 Å². The molecule has 0 saturated heterocycles. The molecule has 0 unspecified atom stereocenters. The second-order valence-electron chi connectivity index (χ2n) is 3.22. The highest BCUT2D eigenvalue weighted by molar-refractivity contribution is 6.17. The molecule has 0 radical (unpaired) electrons. The van der Waals surface area contributed by atoms with Gasteiger partial charge >= 0.3 is 6.36 Å². The summed E-state index contributed by atoms with van der Waals surface area (Å²) >= 11 is 5.51. The largest absolute Gasteiger partial charge is 0.573 e. The molecule has 0 atom stereocenters. The van der Waals surface area contributed by atoms with Crippen LogP contribution in [-0.4, -0.2) is 11.3 Å². The summed E-state index contributed by atoms with van der Waals surface area (Å²) in [7, 11) is 0. The van der Waals surface area contributed by atoms with Crippen LogP contribution in [0.25, 0.3) is 0 Å². The summed E-state index contributed by atoms with van der Waals surface area (Å²) in [4.78, 5) is 3.85. The molecular formula is C10H8ClF3N2O. The molecule has 0 N–H and O–H groups in total. The number of hydrogen-bond donors (Lipinski definition) is 0. The predicted octanol–water partition coefficient (Wildman–Crippen LogP) is 3.09. The van der Waals surface area contributed by atoms with Crippen molar-refractivity contribution in [2.24, 2.45) is 0 Å². The van der Waals surface area contributed by atoms with Crippen LogP contribution in [0, 0.1) is 18.3 Å². The third-order valence-corrected chi connectivity index (χ3v) is 2.14. The quantitative estimate of drug-likeness (QED) is 0.788. The van der Waals surface area contributed by atoms with Gasteiger partial charge in [-0.15, -0.1) is 24.8 Å². The summed E-state index contributed by atoms with van der Waals surface area (Å²) in [5.41, 5.74) is 0.600. The Kier molecular flexibility index (Phi) is 4.18. The van der Waals surface area contributed by atoms with Crippen molar-refractivity contribution in [2.45, 2.75) is 25.6 Å². The maximum Gasteiger partial charge on any atom is 0.573 e. The first-order valence-corrected chi connectivity index (χ1v) is 5.09. The minimum Gasteiger partial charge on any atom is -0.404 e. The lowest BCUT2D eigenvalue weighted by Gasteiger charge is -2.14. The van der Waals surface area contributed by atoms with E-state index in [9.17, 15) is 13.2 Å². The standard InChI is InChI=1S/C10H8ClF3N2O/c1-6-4-7(2-3-15)16-8(5-11)9(6)17-10(12,13)14/h4H,2,5H2,1H3. The van der Waals surface area contributed by atoms with E-state index in [2.05, 4.69) is 9.72 Å². The van der Waals surface area contributed by atoms with Crippen molar-refractivity contribution in [3.8, 4) is 11.8 Å². The van der Waals surface area contributed by atoms with Gasteiger partial charge < -0.3 is 4.74 Å². The smallest absolute Gasteiger partial charge is 0.404 e. The van der Waals surface area contributed by atoms with Gasteiger partial charge in [0.25, 0.3) is 0 Å². The van der Waals surface area contributed by atoms with Gasteiger partial charge in [0, 0.05) is 0 Å². The van der Waals surface area contributed by atoms with Crippen LogP contribution >= 0.6 is 11.6 Å². The van der Waals surface area contributed by atoms with Crippen molar-refractivity contribution in [1.29, 1.82) is 5.26 Å². The van der Waals surface area contributed by atoms with E-state index in [0.29, 0.717) is 5.69 Å². The molecule has 0 amide bonds. The fraction of sp³-hybridized carbons (Fsp3) is 0.400. The van der Waals surface area contributed by atoms with Crippen molar-refractivity contribution < 1.29 is 17.9 Å². The number of hydrogen-bond acceptors (Lipinski definition) is 3. The molecule has 3 nitrogen and oxygen atoms in total. The first-order chi connectivity index (χ1) is 7.87. The molecule has 92 valence electrons. The van der Waals surface area contributed by atoms with Crippen LogP contribution in [0.5, 0.6) is 5.75 Å². The Balaban J connectivity index is 3.17. The van der Waals surface area contributed by atoms with Crippen molar-refractivity contribution >= 4 is 11.6 Å². The lowest BCUT2D eigenvalue weighted by Crippen LogP contribution is -2.19. The van der Waals surface area contributed by atoms with Crippen LogP contribution < -0.4 is 4.74 Å². The number of aryl methyl sites for hydroxylation is 1. The minimum atomic E-state index is -4.79. The summed E-state index contributed by atoms with van der Waals surface area (Å²) in [6.45, 7) is 1.44. The van der Waals surface area contributed by atoms with Crippen LogP contribution in [0.4, 0.5) is 13.2 Å². The zero-order valence-corrected chi connectivity index (χ0v) is 9.56. The number of halogens is 4. The van der Waals surface area contributed by atoms with E-state index in [0.717, 1.165) is 0 Å². The van der Waals surface area contributed by atoms with Crippen LogP contribution in [0.2, 0.25) is 0 Å². The SMILES string of the molecule is Cc1cc(CC#N)nc(CCl)c1OC(F)(F)F. The van der Waals surface area contributed by atoms with Gasteiger partial charge in [0.2, 0.25) is 0 Å². The normalized spacial score (nSPS) is 11.1. The Bertz CT molecular complexity index is 454. The summed E-state index contributed by atoms with van der Waals surface area (Å²) in [6.07, 6.45) is -4.78. The maximum atomic E-state index is 12.1. The number of rotatable bonds is 3. The fourth-order valence-corrected chi connectivity index (χ4v) is 1.50. The van der Waals surface area contributed by atoms with E-state index in [4.69, 9.17) is 16.9 Å². The molecular weight excluding hydrogens is 257 g/mol. The van der Waals surface area contributed by atoms with Gasteiger partial charge in [-0.1, -0.05) is 0 Å². The van der Waals surface area contributed by atoms with Crippen molar-refractivity contribution in [3.63, 3.8) is 0 Å². The van der Waals surface area contributed by atoms with E-state index in [1.165, 1.54) is 13.0 Å². The van der Waals surface area contributed by atoms with E-state index < -0.39 is 12.1 Å². The first-order valence-electron chi connectivity index (χ1n) is 4.55. The van der Waals surface area contributed by atoms with Gasteiger partial charge in [0.15, 0.2) is 5.75 Å². The summed E-state index contributed by atoms with van der Waals surface area (Å²) < 4.78 is 40.3. The third-order valence-electron chi connectivity index (χ3n) is 1.89. The van der Waals surface area contributed by atoms with E-state index in [1.54, 1.807) is 0 Å². The zero-order chi connectivity index (χ0) is 13.1. The lowest BCUT2D eigenvalue weighted by atomic mass is 10.1. The fourth-order valence-electron chi connectivity index (χ4n) is 1.32. The average Bonchev–Trinajstić information content (AvgIpc) is 2.20. The molecule has 0 aliphatic carbocycles. The molecule has 0 aliphatic rings. The van der Waals surface area contributed by atoms with Crippen LogP contribution in [0.3, 0.4) is 0 Å². The number of nitriles is 1. The monoisotopic (exact) mass is 264 g/mol. The summed E-state index contributed by atoms with van der Waals surface area (Å²) in [6, 6.07) is 3.24. The summed E-state index contributed by atoms with van der Waals surface area (Å²) in [5.74, 6) is -0.611. The van der Waals surface area contributed by atoms with Gasteiger partial charge in [0.05, 0.1) is 29.8 Å². The number of ether oxygens (including phenoxy) is 1. The van der Waals surface area contributed by atoms with Gasteiger partial charge in [-0.05, 0) is 18.6 Å². The molecule has 1 heterocycles. The van der Waals surface area contributed by atoms with Crippen molar-refractivity contribution in [3.05, 3.63) is 23.0 Å². The van der Waals surface area contributed by atoms with Crippen LogP contribution in [-0.2, 0) is 12.3 Å². The molecule has 17 heavy (non-hydrogen) atoms. The predicted molar refractivity (Wildman–Crippen MR) is 54.5 cm³/mol. The minimum absolute atomic E-state index is 0.0109. The maximum absolute atomic E-state index is 12.1. The zero-order valence-electron chi connectivity index (χ0n) is 8.81. The van der Waals surface area contributed by atoms with Gasteiger partial charge in [-0.25, -0.2) is 0 Å². The van der Waals surface area contributed by atoms with Crippen molar-refractivity contribution in [2.75, 3.05) is 0 Å². The molecule has 0 bridgehead atoms. The molecule has 0 fully saturated rings. The molecule has 1 rings (SSSR count). The first kappa shape index (κ1) is 13.6. The Morgan fingerprint density at radius 2 is 2.18 bits per heavy atom. The topological polar surface area (TPSA) is 45.9 Å². The number of alkyl halides is 4. The van der Waals surface area contributed by atoms with E-state index in [-0.39, 0.29) is 23.6 Å². The molecule has 7 heteroatoms. The highest BCUT2D eigenvalue weighted by Crippen LogP contribution is 2.30. The Morgan fingerprint density at radius 3 is 2.65 bits per heavy atom. The molecule has 1 aromatic heterocycles. The number of nitrogens with zero attached hydrogens (tertiary/aromatic N) is 2. The lowest BCUT2D eigenvalue weighted by molar-refractivity contribution is -0.275. The average molecular weight is 265 g/mol. The highest BCUT2D eigenvalue weighted by Gasteiger charge is 2.33. The molecule has 0 aliphatic heterocycles. The molecule has 0 saturated carbocycles. The number of aromatic nitrogens is 1. The van der Waals surface area contributed by atoms with Crippen molar-refractivity contribution in [1.82, 2.24) is 4.98 Å². The number of pyridine rings is 1. The molecule has 0 spiro atoms.